The van der Waals surface area contributed by atoms with Crippen molar-refractivity contribution in [1.82, 2.24) is 0 Å². The molecular formula is C20H18AsBrO. The van der Waals surface area contributed by atoms with Gasteiger partial charge in [-0.25, -0.2) is 0 Å². The van der Waals surface area contributed by atoms with E-state index in [2.05, 4.69) is 72.8 Å². The second-order valence-corrected chi connectivity index (χ2v) is 12.6. The third-order valence-electron chi connectivity index (χ3n) is 3.94. The largest absolute Gasteiger partial charge is 1.00 e. The average Bonchev–Trinajstić information content (AvgIpc) is 2.62. The Hall–Kier alpha value is -1.63. The summed E-state index contributed by atoms with van der Waals surface area (Å²) in [4.78, 5) is 11.6. The molecule has 0 aliphatic rings. The zero-order chi connectivity index (χ0) is 15.3. The maximum absolute atomic E-state index is 11.6. The molecule has 0 amide bonds. The van der Waals surface area contributed by atoms with Gasteiger partial charge in [0.25, 0.3) is 0 Å². The summed E-state index contributed by atoms with van der Waals surface area (Å²) < 4.78 is 3.93. The zero-order valence-electron chi connectivity index (χ0n) is 12.7. The van der Waals surface area contributed by atoms with Crippen molar-refractivity contribution in [3.05, 3.63) is 91.0 Å². The minimum Gasteiger partial charge on any atom is -1.00 e. The first-order chi connectivity index (χ1) is 10.9. The number of benzene rings is 3. The molecule has 0 bridgehead atoms. The average molecular weight is 429 g/mol. The summed E-state index contributed by atoms with van der Waals surface area (Å²) in [5, 5.41) is 0.594. The van der Waals surface area contributed by atoms with E-state index in [1.165, 1.54) is 13.1 Å². The molecule has 0 fully saturated rings. The van der Waals surface area contributed by atoms with Crippen LogP contribution in [-0.4, -0.2) is 19.8 Å². The molecule has 1 nitrogen and oxygen atoms in total. The Balaban J connectivity index is 0.00000192. The monoisotopic (exact) mass is 428 g/mol. The number of carbonyl (C=O) groups excluding carboxylic acids is 1. The van der Waals surface area contributed by atoms with E-state index >= 15 is 0 Å². The van der Waals surface area contributed by atoms with E-state index in [1.54, 1.807) is 0 Å². The number of aldehydes is 1. The Morgan fingerprint density at radius 3 is 1.17 bits per heavy atom. The summed E-state index contributed by atoms with van der Waals surface area (Å²) in [5.41, 5.74) is 0. The van der Waals surface area contributed by atoms with Crippen molar-refractivity contribution >= 4 is 32.9 Å². The fourth-order valence-electron chi connectivity index (χ4n) is 2.92. The smallest absolute Gasteiger partial charge is 1.00 e. The minimum absolute atomic E-state index is 0. The summed E-state index contributed by atoms with van der Waals surface area (Å²) in [7, 11) is 0. The topological polar surface area (TPSA) is 17.1 Å². The van der Waals surface area contributed by atoms with E-state index in [1.807, 2.05) is 18.2 Å². The normalized spacial score (nSPS) is 10.6. The maximum atomic E-state index is 11.6. The van der Waals surface area contributed by atoms with Crippen LogP contribution in [0.15, 0.2) is 91.0 Å². The first-order valence-electron chi connectivity index (χ1n) is 7.36. The molecule has 0 aliphatic carbocycles. The summed E-state index contributed by atoms with van der Waals surface area (Å²) in [6.45, 7) is 0. The third-order valence-corrected chi connectivity index (χ3v) is 12.8. The number of hydrogen-bond donors (Lipinski definition) is 0. The molecule has 0 saturated heterocycles. The standard InChI is InChI=1S/C20H18AsO.BrH/c22-17-16-21(18-10-4-1-5-11-18,19-12-6-2-7-13-19)20-14-8-3-9-15-20;/h1-15,17H,16H2;1H/q+1;/p-1. The Morgan fingerprint density at radius 1 is 0.609 bits per heavy atom. The molecule has 0 heterocycles. The van der Waals surface area contributed by atoms with E-state index in [4.69, 9.17) is 0 Å². The molecule has 0 N–H and O–H groups in total. The quantitative estimate of drug-likeness (QED) is 0.390. The summed E-state index contributed by atoms with van der Waals surface area (Å²) in [5.74, 6) is 0. The van der Waals surface area contributed by atoms with E-state index < -0.39 is 13.6 Å². The Kier molecular flexibility index (Phi) is 6.38. The van der Waals surface area contributed by atoms with Crippen LogP contribution >= 0.6 is 0 Å². The molecule has 3 aromatic carbocycles. The van der Waals surface area contributed by atoms with Crippen LogP contribution in [0.1, 0.15) is 0 Å². The van der Waals surface area contributed by atoms with Crippen molar-refractivity contribution in [2.75, 3.05) is 0 Å². The van der Waals surface area contributed by atoms with Gasteiger partial charge in [-0.1, -0.05) is 0 Å². The summed E-state index contributed by atoms with van der Waals surface area (Å²) >= 11 is -2.73. The summed E-state index contributed by atoms with van der Waals surface area (Å²) in [6.07, 6.45) is 1.10. The first-order valence-corrected chi connectivity index (χ1v) is 11.5. The first kappa shape index (κ1) is 17.7. The third kappa shape index (κ3) is 3.49. The molecule has 3 rings (SSSR count). The van der Waals surface area contributed by atoms with Crippen LogP contribution in [0, 0.1) is 0 Å². The molecule has 0 aliphatic heterocycles. The van der Waals surface area contributed by atoms with E-state index in [0.29, 0.717) is 5.21 Å². The van der Waals surface area contributed by atoms with Gasteiger partial charge < -0.3 is 17.0 Å². The van der Waals surface area contributed by atoms with Gasteiger partial charge in [-0.05, 0) is 0 Å². The van der Waals surface area contributed by atoms with Gasteiger partial charge in [0.15, 0.2) is 0 Å². The Morgan fingerprint density at radius 2 is 0.913 bits per heavy atom. The molecule has 116 valence electrons. The molecule has 0 atom stereocenters. The van der Waals surface area contributed by atoms with Crippen LogP contribution in [0.3, 0.4) is 0 Å². The molecule has 3 aromatic rings. The number of halogens is 1. The minimum atomic E-state index is -2.73. The zero-order valence-corrected chi connectivity index (χ0v) is 16.1. The van der Waals surface area contributed by atoms with Crippen LogP contribution in [0.5, 0.6) is 0 Å². The predicted octanol–water partition coefficient (Wildman–Crippen LogP) is -0.640. The molecule has 0 unspecified atom stereocenters. The predicted molar refractivity (Wildman–Crippen MR) is 94.9 cm³/mol. The van der Waals surface area contributed by atoms with Crippen molar-refractivity contribution in [3.63, 3.8) is 0 Å². The molecule has 0 spiro atoms. The maximum Gasteiger partial charge on any atom is -1.00 e. The van der Waals surface area contributed by atoms with Crippen LogP contribution in [0.25, 0.3) is 0 Å². The van der Waals surface area contributed by atoms with Crippen molar-refractivity contribution in [2.45, 2.75) is 5.21 Å². The van der Waals surface area contributed by atoms with Crippen LogP contribution < -0.4 is 30.0 Å². The van der Waals surface area contributed by atoms with E-state index in [-0.39, 0.29) is 17.0 Å². The number of rotatable bonds is 5. The molecule has 3 heteroatoms. The molecule has 0 aromatic heterocycles. The SMILES string of the molecule is O=CC[As+](c1ccccc1)(c1ccccc1)c1ccccc1.[Br-]. The van der Waals surface area contributed by atoms with Gasteiger partial charge in [-0.2, -0.15) is 0 Å². The van der Waals surface area contributed by atoms with Crippen LogP contribution in [0.2, 0.25) is 5.21 Å². The fourth-order valence-corrected chi connectivity index (χ4v) is 10.9. The molecule has 0 radical (unpaired) electrons. The van der Waals surface area contributed by atoms with Crippen molar-refractivity contribution in [1.29, 1.82) is 0 Å². The van der Waals surface area contributed by atoms with Gasteiger partial charge in [0, 0.05) is 0 Å². The second-order valence-electron chi connectivity index (χ2n) is 5.17. The van der Waals surface area contributed by atoms with Gasteiger partial charge in [0.2, 0.25) is 0 Å². The van der Waals surface area contributed by atoms with Crippen molar-refractivity contribution < 1.29 is 21.8 Å². The van der Waals surface area contributed by atoms with Gasteiger partial charge in [-0.15, -0.1) is 0 Å². The van der Waals surface area contributed by atoms with E-state index in [0.717, 1.165) is 6.29 Å². The van der Waals surface area contributed by atoms with Crippen molar-refractivity contribution in [2.24, 2.45) is 0 Å². The molecule has 0 saturated carbocycles. The Labute approximate surface area is 150 Å². The van der Waals surface area contributed by atoms with Gasteiger partial charge in [-0.3, -0.25) is 0 Å². The second kappa shape index (κ2) is 8.29. The van der Waals surface area contributed by atoms with E-state index in [9.17, 15) is 4.79 Å². The van der Waals surface area contributed by atoms with Crippen LogP contribution in [-0.2, 0) is 4.79 Å². The fraction of sp³-hybridized carbons (Fsp3) is 0.0500. The number of carbonyl (C=O) groups is 1. The molecule has 23 heavy (non-hydrogen) atoms. The Bertz CT molecular complexity index is 633. The van der Waals surface area contributed by atoms with Gasteiger partial charge in [0.1, 0.15) is 0 Å². The van der Waals surface area contributed by atoms with Gasteiger partial charge in [0.05, 0.1) is 0 Å². The number of hydrogen-bond acceptors (Lipinski definition) is 1. The summed E-state index contributed by atoms with van der Waals surface area (Å²) in [6, 6.07) is 31.6. The molecular weight excluding hydrogens is 411 g/mol. The van der Waals surface area contributed by atoms with Crippen LogP contribution in [0.4, 0.5) is 0 Å². The van der Waals surface area contributed by atoms with Gasteiger partial charge >= 0.3 is 134 Å². The van der Waals surface area contributed by atoms with Crippen molar-refractivity contribution in [3.8, 4) is 0 Å².